The number of rotatable bonds is 5. The zero-order valence-electron chi connectivity index (χ0n) is 11.9. The molecule has 110 valence electrons. The fourth-order valence-corrected chi connectivity index (χ4v) is 2.29. The van der Waals surface area contributed by atoms with Crippen molar-refractivity contribution in [3.63, 3.8) is 0 Å². The Bertz CT molecular complexity index is 652. The maximum absolute atomic E-state index is 12.1. The van der Waals surface area contributed by atoms with Crippen LogP contribution in [0, 0.1) is 6.92 Å². The molecule has 0 aliphatic carbocycles. The number of thioether (sulfide) groups is 1. The lowest BCUT2D eigenvalue weighted by atomic mass is 10.1. The highest BCUT2D eigenvalue weighted by atomic mass is 32.2. The van der Waals surface area contributed by atoms with Gasteiger partial charge < -0.3 is 9.73 Å². The number of nitrogens with one attached hydrogen (secondary N) is 1. The number of ketones is 1. The van der Waals surface area contributed by atoms with E-state index in [4.69, 9.17) is 4.42 Å². The lowest BCUT2D eigenvalue weighted by Crippen LogP contribution is -2.22. The highest BCUT2D eigenvalue weighted by molar-refractivity contribution is 8.00. The first-order valence-corrected chi connectivity index (χ1v) is 7.22. The van der Waals surface area contributed by atoms with E-state index < -0.39 is 0 Å². The van der Waals surface area contributed by atoms with Gasteiger partial charge in [-0.1, -0.05) is 11.8 Å². The average Bonchev–Trinajstić information content (AvgIpc) is 2.84. The predicted octanol–water partition coefficient (Wildman–Crippen LogP) is 2.70. The van der Waals surface area contributed by atoms with Crippen LogP contribution in [0.5, 0.6) is 0 Å². The molecule has 1 aromatic carbocycles. The number of carbonyl (C=O) groups is 2. The smallest absolute Gasteiger partial charge is 0.277 e. The van der Waals surface area contributed by atoms with Gasteiger partial charge in [-0.15, -0.1) is 10.2 Å². The van der Waals surface area contributed by atoms with Gasteiger partial charge in [0, 0.05) is 18.2 Å². The first kappa shape index (κ1) is 15.2. The molecule has 0 radical (unpaired) electrons. The minimum absolute atomic E-state index is 0.0106. The van der Waals surface area contributed by atoms with E-state index in [1.54, 1.807) is 38.1 Å². The van der Waals surface area contributed by atoms with Crippen LogP contribution in [0.1, 0.15) is 30.1 Å². The Labute approximate surface area is 126 Å². The molecule has 7 heteroatoms. The summed E-state index contributed by atoms with van der Waals surface area (Å²) in [5.74, 6) is 0.278. The predicted molar refractivity (Wildman–Crippen MR) is 79.4 cm³/mol. The highest BCUT2D eigenvalue weighted by Crippen LogP contribution is 2.22. The number of carbonyl (C=O) groups excluding carboxylic acids is 2. The molecule has 0 fully saturated rings. The van der Waals surface area contributed by atoms with Crippen LogP contribution in [0.4, 0.5) is 5.69 Å². The molecule has 1 amide bonds. The lowest BCUT2D eigenvalue weighted by Gasteiger charge is -2.10. The van der Waals surface area contributed by atoms with Crippen molar-refractivity contribution in [1.82, 2.24) is 10.2 Å². The molecule has 1 heterocycles. The van der Waals surface area contributed by atoms with E-state index in [0.29, 0.717) is 22.4 Å². The van der Waals surface area contributed by atoms with Crippen molar-refractivity contribution in [2.75, 3.05) is 5.32 Å². The van der Waals surface area contributed by atoms with Crippen LogP contribution in [0.3, 0.4) is 0 Å². The van der Waals surface area contributed by atoms with Gasteiger partial charge in [0.25, 0.3) is 5.22 Å². The van der Waals surface area contributed by atoms with Crippen molar-refractivity contribution < 1.29 is 14.0 Å². The number of hydrogen-bond acceptors (Lipinski definition) is 6. The normalized spacial score (nSPS) is 12.0. The summed E-state index contributed by atoms with van der Waals surface area (Å²) in [4.78, 5) is 23.2. The van der Waals surface area contributed by atoms with E-state index in [0.717, 1.165) is 0 Å². The first-order valence-electron chi connectivity index (χ1n) is 6.34. The molecule has 0 aliphatic rings. The molecule has 0 spiro atoms. The SMILES string of the molecule is CC(=O)c1ccc(NC(=O)[C@@H](C)Sc2nnc(C)o2)cc1. The molecular weight excluding hydrogens is 290 g/mol. The molecule has 1 aromatic heterocycles. The second-order valence-corrected chi connectivity index (χ2v) is 5.76. The Hall–Kier alpha value is -2.15. The summed E-state index contributed by atoms with van der Waals surface area (Å²) in [6.07, 6.45) is 0. The Morgan fingerprint density at radius 3 is 2.43 bits per heavy atom. The lowest BCUT2D eigenvalue weighted by molar-refractivity contribution is -0.115. The van der Waals surface area contributed by atoms with Gasteiger partial charge in [0.05, 0.1) is 5.25 Å². The Kier molecular flexibility index (Phi) is 4.74. The van der Waals surface area contributed by atoms with Crippen molar-refractivity contribution in [1.29, 1.82) is 0 Å². The monoisotopic (exact) mass is 305 g/mol. The van der Waals surface area contributed by atoms with Gasteiger partial charge in [-0.2, -0.15) is 0 Å². The third kappa shape index (κ3) is 4.16. The standard InChI is InChI=1S/C14H15N3O3S/c1-8(18)11-4-6-12(7-5-11)15-13(19)9(2)21-14-17-16-10(3)20-14/h4-7,9H,1-3H3,(H,15,19)/t9-/m1/s1. The van der Waals surface area contributed by atoms with Crippen molar-refractivity contribution in [2.45, 2.75) is 31.2 Å². The Morgan fingerprint density at radius 1 is 1.24 bits per heavy atom. The minimum Gasteiger partial charge on any atom is -0.416 e. The van der Waals surface area contributed by atoms with E-state index in [9.17, 15) is 9.59 Å². The summed E-state index contributed by atoms with van der Waals surface area (Å²) < 4.78 is 5.22. The quantitative estimate of drug-likeness (QED) is 0.675. The van der Waals surface area contributed by atoms with Crippen molar-refractivity contribution in [3.05, 3.63) is 35.7 Å². The van der Waals surface area contributed by atoms with E-state index >= 15 is 0 Å². The van der Waals surface area contributed by atoms with Crippen LogP contribution in [0.15, 0.2) is 33.9 Å². The number of aromatic nitrogens is 2. The summed E-state index contributed by atoms with van der Waals surface area (Å²) >= 11 is 1.19. The average molecular weight is 305 g/mol. The maximum atomic E-state index is 12.1. The fourth-order valence-electron chi connectivity index (χ4n) is 1.56. The van der Waals surface area contributed by atoms with E-state index in [1.165, 1.54) is 18.7 Å². The number of anilines is 1. The van der Waals surface area contributed by atoms with Crippen LogP contribution in [-0.2, 0) is 4.79 Å². The molecule has 0 bridgehead atoms. The van der Waals surface area contributed by atoms with Gasteiger partial charge in [-0.3, -0.25) is 9.59 Å². The molecule has 21 heavy (non-hydrogen) atoms. The maximum Gasteiger partial charge on any atom is 0.277 e. The molecule has 2 rings (SSSR count). The number of Topliss-reactive ketones (excluding diaryl/α,β-unsaturated/α-hetero) is 1. The van der Waals surface area contributed by atoms with Crippen molar-refractivity contribution in [3.8, 4) is 0 Å². The van der Waals surface area contributed by atoms with E-state index in [-0.39, 0.29) is 16.9 Å². The van der Waals surface area contributed by atoms with E-state index in [2.05, 4.69) is 15.5 Å². The van der Waals surface area contributed by atoms with Crippen LogP contribution in [0.2, 0.25) is 0 Å². The Balaban J connectivity index is 1.95. The molecule has 0 saturated carbocycles. The van der Waals surface area contributed by atoms with Crippen molar-refractivity contribution >= 4 is 29.1 Å². The summed E-state index contributed by atoms with van der Waals surface area (Å²) in [5, 5.41) is 10.3. The van der Waals surface area contributed by atoms with Crippen LogP contribution < -0.4 is 5.32 Å². The van der Waals surface area contributed by atoms with E-state index in [1.807, 2.05) is 0 Å². The number of aryl methyl sites for hydroxylation is 1. The van der Waals surface area contributed by atoms with Gasteiger partial charge in [0.15, 0.2) is 5.78 Å². The molecule has 6 nitrogen and oxygen atoms in total. The number of nitrogens with zero attached hydrogens (tertiary/aromatic N) is 2. The van der Waals surface area contributed by atoms with Gasteiger partial charge in [0.2, 0.25) is 11.8 Å². The summed E-state index contributed by atoms with van der Waals surface area (Å²) in [6, 6.07) is 6.75. The fraction of sp³-hybridized carbons (Fsp3) is 0.286. The van der Waals surface area contributed by atoms with Gasteiger partial charge >= 0.3 is 0 Å². The van der Waals surface area contributed by atoms with Gasteiger partial charge in [0.1, 0.15) is 0 Å². The number of amides is 1. The van der Waals surface area contributed by atoms with Gasteiger partial charge in [-0.25, -0.2) is 0 Å². The second kappa shape index (κ2) is 6.53. The number of benzene rings is 1. The second-order valence-electron chi connectivity index (χ2n) is 4.47. The molecule has 2 aromatic rings. The minimum atomic E-state index is -0.377. The molecular formula is C14H15N3O3S. The van der Waals surface area contributed by atoms with Crippen LogP contribution in [-0.4, -0.2) is 27.1 Å². The topological polar surface area (TPSA) is 85.1 Å². The third-order valence-electron chi connectivity index (χ3n) is 2.71. The third-order valence-corrected chi connectivity index (χ3v) is 3.65. The first-order chi connectivity index (χ1) is 9.95. The molecule has 1 atom stereocenters. The van der Waals surface area contributed by atoms with Gasteiger partial charge in [-0.05, 0) is 38.1 Å². The zero-order chi connectivity index (χ0) is 15.4. The van der Waals surface area contributed by atoms with Crippen LogP contribution in [0.25, 0.3) is 0 Å². The highest BCUT2D eigenvalue weighted by Gasteiger charge is 2.17. The summed E-state index contributed by atoms with van der Waals surface area (Å²) in [7, 11) is 0. The Morgan fingerprint density at radius 2 is 1.90 bits per heavy atom. The van der Waals surface area contributed by atoms with Crippen molar-refractivity contribution in [2.24, 2.45) is 0 Å². The zero-order valence-corrected chi connectivity index (χ0v) is 12.7. The number of hydrogen-bond donors (Lipinski definition) is 1. The molecule has 0 saturated heterocycles. The summed E-state index contributed by atoms with van der Waals surface area (Å²) in [6.45, 7) is 4.94. The van der Waals surface area contributed by atoms with Crippen LogP contribution >= 0.6 is 11.8 Å². The molecule has 1 N–H and O–H groups in total. The molecule has 0 unspecified atom stereocenters. The summed E-state index contributed by atoms with van der Waals surface area (Å²) in [5.41, 5.74) is 1.25. The largest absolute Gasteiger partial charge is 0.416 e. The molecule has 0 aliphatic heterocycles.